The van der Waals surface area contributed by atoms with Gasteiger partial charge in [0, 0.05) is 38.8 Å². The van der Waals surface area contributed by atoms with Crippen molar-refractivity contribution in [2.24, 2.45) is 20.0 Å². The molecule has 188 valence electrons. The molecular weight excluding hydrogens is 465 g/mol. The van der Waals surface area contributed by atoms with Crippen LogP contribution in [-0.4, -0.2) is 62.3 Å². The first kappa shape index (κ1) is 24.6. The number of hydrogen-bond acceptors (Lipinski definition) is 5. The average molecular weight is 493 g/mol. The van der Waals surface area contributed by atoms with Gasteiger partial charge in [0.1, 0.15) is 22.5 Å². The summed E-state index contributed by atoms with van der Waals surface area (Å²) in [7, 11) is 4.66. The lowest BCUT2D eigenvalue weighted by atomic mass is 9.93. The highest BCUT2D eigenvalue weighted by atomic mass is 19.4. The van der Waals surface area contributed by atoms with E-state index >= 15 is 0 Å². The third-order valence-corrected chi connectivity index (χ3v) is 6.49. The second kappa shape index (κ2) is 8.90. The summed E-state index contributed by atoms with van der Waals surface area (Å²) in [5.41, 5.74) is 0.0709. The van der Waals surface area contributed by atoms with Crippen molar-refractivity contribution >= 4 is 22.8 Å². The number of carbonyl (C=O) groups excluding carboxylic acids is 2. The van der Waals surface area contributed by atoms with Gasteiger partial charge < -0.3 is 19.5 Å². The van der Waals surface area contributed by atoms with E-state index in [1.165, 1.54) is 21.1 Å². The Morgan fingerprint density at radius 3 is 2.57 bits per heavy atom. The van der Waals surface area contributed by atoms with Crippen molar-refractivity contribution in [2.75, 3.05) is 20.2 Å². The van der Waals surface area contributed by atoms with Crippen LogP contribution >= 0.6 is 0 Å². The molecule has 0 unspecified atom stereocenters. The molecule has 1 aromatic carbocycles. The second-order valence-corrected chi connectivity index (χ2v) is 8.93. The van der Waals surface area contributed by atoms with E-state index in [-0.39, 0.29) is 17.5 Å². The molecule has 3 aromatic rings. The molecule has 4 rings (SSSR count). The number of halogens is 3. The lowest BCUT2D eigenvalue weighted by Gasteiger charge is -2.37. The lowest BCUT2D eigenvalue weighted by molar-refractivity contribution is -0.138. The number of hydrogen-bond donors (Lipinski definition) is 1. The molecule has 0 bridgehead atoms. The van der Waals surface area contributed by atoms with Gasteiger partial charge in [0.05, 0.1) is 24.6 Å². The molecule has 0 saturated carbocycles. The average Bonchev–Trinajstić information content (AvgIpc) is 3.32. The van der Waals surface area contributed by atoms with Crippen LogP contribution in [0.5, 0.6) is 5.75 Å². The van der Waals surface area contributed by atoms with Crippen molar-refractivity contribution < 1.29 is 27.5 Å². The summed E-state index contributed by atoms with van der Waals surface area (Å²) in [6.07, 6.45) is -2.64. The molecule has 1 N–H and O–H groups in total. The summed E-state index contributed by atoms with van der Waals surface area (Å²) >= 11 is 0. The minimum Gasteiger partial charge on any atom is -0.494 e. The highest BCUT2D eigenvalue weighted by Gasteiger charge is 2.41. The van der Waals surface area contributed by atoms with Gasteiger partial charge in [0.15, 0.2) is 0 Å². The third kappa shape index (κ3) is 4.44. The SMILES string of the molecule is COc1cc(C(=O)N2CC[C@@H](NC(=O)c3c(C(F)(F)F)c(C)nn3C)[C@@H](C)C2)cc2c1ncn2C. The van der Waals surface area contributed by atoms with E-state index in [2.05, 4.69) is 15.4 Å². The monoisotopic (exact) mass is 492 g/mol. The van der Waals surface area contributed by atoms with Crippen LogP contribution in [0.4, 0.5) is 13.2 Å². The number of methoxy groups -OCH3 is 1. The lowest BCUT2D eigenvalue weighted by Crippen LogP contribution is -2.51. The largest absolute Gasteiger partial charge is 0.494 e. The van der Waals surface area contributed by atoms with E-state index in [1.807, 2.05) is 14.0 Å². The maximum atomic E-state index is 13.5. The van der Waals surface area contributed by atoms with Crippen LogP contribution in [-0.2, 0) is 20.3 Å². The third-order valence-electron chi connectivity index (χ3n) is 6.49. The number of aryl methyl sites for hydroxylation is 3. The molecule has 0 spiro atoms. The van der Waals surface area contributed by atoms with E-state index < -0.39 is 29.4 Å². The van der Waals surface area contributed by atoms with Crippen molar-refractivity contribution in [3.05, 3.63) is 41.0 Å². The number of alkyl halides is 3. The fourth-order valence-electron chi connectivity index (χ4n) is 4.70. The molecule has 12 heteroatoms. The smallest absolute Gasteiger partial charge is 0.420 e. The number of nitrogens with zero attached hydrogens (tertiary/aromatic N) is 5. The molecule has 2 amide bonds. The van der Waals surface area contributed by atoms with Crippen molar-refractivity contribution in [2.45, 2.75) is 32.5 Å². The zero-order chi connectivity index (χ0) is 25.7. The van der Waals surface area contributed by atoms with E-state index in [0.29, 0.717) is 36.3 Å². The van der Waals surface area contributed by atoms with Gasteiger partial charge in [-0.1, -0.05) is 6.92 Å². The van der Waals surface area contributed by atoms with Gasteiger partial charge in [0.25, 0.3) is 11.8 Å². The Hall–Kier alpha value is -3.57. The van der Waals surface area contributed by atoms with Crippen molar-refractivity contribution in [3.8, 4) is 5.75 Å². The topological polar surface area (TPSA) is 94.3 Å². The number of imidazole rings is 1. The molecule has 0 radical (unpaired) electrons. The van der Waals surface area contributed by atoms with Gasteiger partial charge in [-0.3, -0.25) is 14.3 Å². The van der Waals surface area contributed by atoms with Gasteiger partial charge in [-0.25, -0.2) is 4.98 Å². The number of fused-ring (bicyclic) bond motifs is 1. The molecule has 35 heavy (non-hydrogen) atoms. The highest BCUT2D eigenvalue weighted by Crippen LogP contribution is 2.34. The number of amides is 2. The van der Waals surface area contributed by atoms with E-state index in [1.54, 1.807) is 27.9 Å². The standard InChI is InChI=1S/C23H27F3N6O3/c1-12-10-32(22(34)14-8-16-19(17(9-14)35-5)27-11-30(16)3)7-6-15(12)28-21(33)20-18(23(24,25)26)13(2)29-31(20)4/h8-9,11-12,15H,6-7,10H2,1-5H3,(H,28,33)/t12-,15+/m0/s1. The fraction of sp³-hybridized carbons (Fsp3) is 0.478. The number of benzene rings is 1. The van der Waals surface area contributed by atoms with Gasteiger partial charge in [-0.05, 0) is 31.4 Å². The first-order chi connectivity index (χ1) is 16.4. The Bertz CT molecular complexity index is 1300. The Morgan fingerprint density at radius 1 is 1.23 bits per heavy atom. The summed E-state index contributed by atoms with van der Waals surface area (Å²) in [5, 5.41) is 6.51. The van der Waals surface area contributed by atoms with Gasteiger partial charge >= 0.3 is 6.18 Å². The van der Waals surface area contributed by atoms with Gasteiger partial charge in [-0.2, -0.15) is 18.3 Å². The maximum Gasteiger partial charge on any atom is 0.420 e. The number of likely N-dealkylation sites (tertiary alicyclic amines) is 1. The summed E-state index contributed by atoms with van der Waals surface area (Å²) in [5.74, 6) is -0.704. The predicted molar refractivity (Wildman–Crippen MR) is 121 cm³/mol. The first-order valence-electron chi connectivity index (χ1n) is 11.1. The summed E-state index contributed by atoms with van der Waals surface area (Å²) in [6, 6.07) is 3.02. The van der Waals surface area contributed by atoms with Crippen LogP contribution in [0.3, 0.4) is 0 Å². The van der Waals surface area contributed by atoms with Crippen molar-refractivity contribution in [3.63, 3.8) is 0 Å². The van der Waals surface area contributed by atoms with Crippen molar-refractivity contribution in [1.29, 1.82) is 0 Å². The molecule has 1 aliphatic heterocycles. The van der Waals surface area contributed by atoms with Crippen LogP contribution in [0.25, 0.3) is 11.0 Å². The fourth-order valence-corrected chi connectivity index (χ4v) is 4.70. The zero-order valence-corrected chi connectivity index (χ0v) is 20.1. The number of aromatic nitrogens is 4. The normalized spacial score (nSPS) is 18.7. The van der Waals surface area contributed by atoms with E-state index in [0.717, 1.165) is 10.2 Å². The van der Waals surface area contributed by atoms with Gasteiger partial charge in [0.2, 0.25) is 0 Å². The quantitative estimate of drug-likeness (QED) is 0.605. The Morgan fingerprint density at radius 2 is 1.94 bits per heavy atom. The first-order valence-corrected chi connectivity index (χ1v) is 11.1. The van der Waals surface area contributed by atoms with Crippen molar-refractivity contribution in [1.82, 2.24) is 29.5 Å². The molecule has 2 atom stereocenters. The predicted octanol–water partition coefficient (Wildman–Crippen LogP) is 2.92. The summed E-state index contributed by atoms with van der Waals surface area (Å²) in [4.78, 5) is 32.1. The maximum absolute atomic E-state index is 13.5. The molecule has 3 heterocycles. The van der Waals surface area contributed by atoms with Crippen LogP contribution in [0.15, 0.2) is 18.5 Å². The molecule has 1 aliphatic rings. The second-order valence-electron chi connectivity index (χ2n) is 8.93. The number of nitrogens with one attached hydrogen (secondary N) is 1. The minimum atomic E-state index is -4.69. The van der Waals surface area contributed by atoms with Crippen LogP contribution < -0.4 is 10.1 Å². The van der Waals surface area contributed by atoms with Crippen LogP contribution in [0, 0.1) is 12.8 Å². The van der Waals surface area contributed by atoms with Crippen LogP contribution in [0.1, 0.15) is 45.4 Å². The van der Waals surface area contributed by atoms with Gasteiger partial charge in [-0.15, -0.1) is 0 Å². The van der Waals surface area contributed by atoms with Crippen LogP contribution in [0.2, 0.25) is 0 Å². The summed E-state index contributed by atoms with van der Waals surface area (Å²) in [6.45, 7) is 3.76. The molecule has 2 aromatic heterocycles. The molecule has 1 fully saturated rings. The molecule has 9 nitrogen and oxygen atoms in total. The highest BCUT2D eigenvalue weighted by molar-refractivity contribution is 5.99. The van der Waals surface area contributed by atoms with E-state index in [4.69, 9.17) is 4.74 Å². The summed E-state index contributed by atoms with van der Waals surface area (Å²) < 4.78 is 48.7. The Labute approximate surface area is 199 Å². The number of piperidine rings is 1. The van der Waals surface area contributed by atoms with E-state index in [9.17, 15) is 22.8 Å². The number of ether oxygens (including phenoxy) is 1. The molecular formula is C23H27F3N6O3. The zero-order valence-electron chi connectivity index (χ0n) is 20.1. The number of carbonyl (C=O) groups is 2. The number of rotatable bonds is 4. The molecule has 1 saturated heterocycles. The molecule has 0 aliphatic carbocycles. The Balaban J connectivity index is 1.49. The Kier molecular flexibility index (Phi) is 6.24. The minimum absolute atomic E-state index is 0.178.